The Hall–Kier alpha value is -1.07. The molecule has 0 spiro atoms. The van der Waals surface area contributed by atoms with Gasteiger partial charge in [0, 0.05) is 17.4 Å². The zero-order valence-corrected chi connectivity index (χ0v) is 13.9. The lowest BCUT2D eigenvalue weighted by Gasteiger charge is -2.31. The van der Waals surface area contributed by atoms with E-state index < -0.39 is 30.1 Å². The molecular formula is C16H26F4O2. The van der Waals surface area contributed by atoms with Gasteiger partial charge in [0.25, 0.3) is 0 Å². The Morgan fingerprint density at radius 1 is 1.27 bits per heavy atom. The van der Waals surface area contributed by atoms with Crippen LogP contribution in [0, 0.1) is 11.3 Å². The summed E-state index contributed by atoms with van der Waals surface area (Å²) in [5.41, 5.74) is -1.30. The van der Waals surface area contributed by atoms with Crippen LogP contribution in [0.4, 0.5) is 17.6 Å². The van der Waals surface area contributed by atoms with Gasteiger partial charge in [0.1, 0.15) is 5.76 Å². The first kappa shape index (κ1) is 20.9. The highest BCUT2D eigenvalue weighted by Gasteiger charge is 2.42. The predicted octanol–water partition coefficient (Wildman–Crippen LogP) is 5.23. The number of ether oxygens (including phenoxy) is 1. The van der Waals surface area contributed by atoms with Crippen LogP contribution in [0.5, 0.6) is 0 Å². The monoisotopic (exact) mass is 326 g/mol. The van der Waals surface area contributed by atoms with Crippen molar-refractivity contribution in [2.45, 2.75) is 65.7 Å². The Morgan fingerprint density at radius 3 is 2.14 bits per heavy atom. The molecule has 22 heavy (non-hydrogen) atoms. The van der Waals surface area contributed by atoms with Gasteiger partial charge < -0.3 is 4.74 Å². The number of methoxy groups -OCH3 is 1. The van der Waals surface area contributed by atoms with Crippen LogP contribution in [0.2, 0.25) is 0 Å². The summed E-state index contributed by atoms with van der Waals surface area (Å²) in [6, 6.07) is 0. The Bertz CT molecular complexity index is 388. The molecule has 3 atom stereocenters. The number of rotatable bonds is 9. The molecule has 0 aliphatic carbocycles. The van der Waals surface area contributed by atoms with Crippen molar-refractivity contribution >= 4 is 5.78 Å². The van der Waals surface area contributed by atoms with Gasteiger partial charge >= 0.3 is 6.18 Å². The van der Waals surface area contributed by atoms with Crippen molar-refractivity contribution in [3.05, 3.63) is 11.8 Å². The van der Waals surface area contributed by atoms with Gasteiger partial charge in [-0.3, -0.25) is 4.79 Å². The molecular weight excluding hydrogens is 300 g/mol. The third-order valence-electron chi connectivity index (χ3n) is 3.96. The average Bonchev–Trinajstić information content (AvgIpc) is 2.39. The van der Waals surface area contributed by atoms with Crippen LogP contribution in [0.3, 0.4) is 0 Å². The summed E-state index contributed by atoms with van der Waals surface area (Å²) in [5.74, 6) is -0.926. The third-order valence-corrected chi connectivity index (χ3v) is 3.96. The van der Waals surface area contributed by atoms with E-state index in [1.807, 2.05) is 0 Å². The van der Waals surface area contributed by atoms with Gasteiger partial charge in [0.05, 0.1) is 19.7 Å². The molecule has 0 aliphatic heterocycles. The van der Waals surface area contributed by atoms with Gasteiger partial charge in [-0.1, -0.05) is 20.8 Å². The van der Waals surface area contributed by atoms with E-state index in [-0.39, 0.29) is 24.4 Å². The topological polar surface area (TPSA) is 26.3 Å². The molecule has 0 bridgehead atoms. The summed E-state index contributed by atoms with van der Waals surface area (Å²) in [6.07, 6.45) is -4.78. The molecule has 0 aromatic rings. The maximum Gasteiger partial charge on any atom is 0.390 e. The Labute approximate surface area is 129 Å². The quantitative estimate of drug-likeness (QED) is 0.329. The fourth-order valence-corrected chi connectivity index (χ4v) is 2.43. The van der Waals surface area contributed by atoms with Crippen molar-refractivity contribution in [3.8, 4) is 0 Å². The summed E-state index contributed by atoms with van der Waals surface area (Å²) in [6.45, 7) is 6.14. The first-order chi connectivity index (χ1) is 9.99. The standard InChI is InChI=1S/C16H26F4O2/c1-6-12(8-11(3)17)13(21)9-14(22-5)15(4,7-2)10-16(18,19)20/h9,11-12H,6-8,10H2,1-5H3/b14-9-. The molecule has 0 saturated carbocycles. The number of carbonyl (C=O) groups is 1. The molecule has 0 saturated heterocycles. The highest BCUT2D eigenvalue weighted by Crippen LogP contribution is 2.42. The minimum atomic E-state index is -4.36. The van der Waals surface area contributed by atoms with Gasteiger partial charge in [-0.2, -0.15) is 13.2 Å². The summed E-state index contributed by atoms with van der Waals surface area (Å²) in [7, 11) is 1.25. The number of hydrogen-bond acceptors (Lipinski definition) is 2. The number of alkyl halides is 4. The SMILES string of the molecule is CCC(CC(C)F)C(=O)/C=C(\OC)C(C)(CC)CC(F)(F)F. The molecule has 0 aromatic carbocycles. The zero-order valence-electron chi connectivity index (χ0n) is 13.9. The summed E-state index contributed by atoms with van der Waals surface area (Å²) in [5, 5.41) is 0. The van der Waals surface area contributed by atoms with E-state index >= 15 is 0 Å². The molecule has 0 rings (SSSR count). The summed E-state index contributed by atoms with van der Waals surface area (Å²) >= 11 is 0. The number of halogens is 4. The largest absolute Gasteiger partial charge is 0.500 e. The first-order valence-electron chi connectivity index (χ1n) is 7.49. The second-order valence-corrected chi connectivity index (χ2v) is 5.94. The fraction of sp³-hybridized carbons (Fsp3) is 0.812. The zero-order chi connectivity index (χ0) is 17.6. The molecule has 0 aromatic heterocycles. The van der Waals surface area contributed by atoms with Gasteiger partial charge in [0.2, 0.25) is 0 Å². The lowest BCUT2D eigenvalue weighted by molar-refractivity contribution is -0.156. The van der Waals surface area contributed by atoms with Crippen molar-refractivity contribution in [1.29, 1.82) is 0 Å². The van der Waals surface area contributed by atoms with E-state index in [0.29, 0.717) is 6.42 Å². The molecule has 3 unspecified atom stereocenters. The number of carbonyl (C=O) groups excluding carboxylic acids is 1. The molecule has 0 aliphatic rings. The van der Waals surface area contributed by atoms with Crippen LogP contribution in [-0.4, -0.2) is 25.2 Å². The van der Waals surface area contributed by atoms with Crippen molar-refractivity contribution in [2.24, 2.45) is 11.3 Å². The molecule has 0 fully saturated rings. The van der Waals surface area contributed by atoms with Gasteiger partial charge in [-0.05, 0) is 26.2 Å². The van der Waals surface area contributed by atoms with Crippen LogP contribution in [0.15, 0.2) is 11.8 Å². The molecule has 0 N–H and O–H groups in total. The van der Waals surface area contributed by atoms with E-state index in [1.54, 1.807) is 13.8 Å². The maximum absolute atomic E-state index is 13.1. The van der Waals surface area contributed by atoms with Crippen molar-refractivity contribution in [1.82, 2.24) is 0 Å². The fourth-order valence-electron chi connectivity index (χ4n) is 2.43. The van der Waals surface area contributed by atoms with Gasteiger partial charge in [0.15, 0.2) is 5.78 Å². The van der Waals surface area contributed by atoms with Gasteiger partial charge in [-0.25, -0.2) is 4.39 Å². The second kappa shape index (κ2) is 8.53. The van der Waals surface area contributed by atoms with Crippen LogP contribution in [0.1, 0.15) is 53.4 Å². The lowest BCUT2D eigenvalue weighted by Crippen LogP contribution is -2.28. The van der Waals surface area contributed by atoms with E-state index in [2.05, 4.69) is 0 Å². The van der Waals surface area contributed by atoms with E-state index in [0.717, 1.165) is 6.08 Å². The normalized spacial score (nSPS) is 18.5. The molecule has 0 heterocycles. The van der Waals surface area contributed by atoms with E-state index in [4.69, 9.17) is 4.74 Å². The molecule has 0 radical (unpaired) electrons. The summed E-state index contributed by atoms with van der Waals surface area (Å²) in [4.78, 5) is 12.2. The number of allylic oxidation sites excluding steroid dienone is 2. The molecule has 2 nitrogen and oxygen atoms in total. The van der Waals surface area contributed by atoms with Crippen LogP contribution < -0.4 is 0 Å². The summed E-state index contributed by atoms with van der Waals surface area (Å²) < 4.78 is 56.4. The highest BCUT2D eigenvalue weighted by atomic mass is 19.4. The third kappa shape index (κ3) is 6.79. The van der Waals surface area contributed by atoms with Crippen LogP contribution in [0.25, 0.3) is 0 Å². The Kier molecular flexibility index (Phi) is 8.12. The first-order valence-corrected chi connectivity index (χ1v) is 7.49. The smallest absolute Gasteiger partial charge is 0.390 e. The lowest BCUT2D eigenvalue weighted by atomic mass is 9.80. The Balaban J connectivity index is 5.39. The second-order valence-electron chi connectivity index (χ2n) is 5.94. The van der Waals surface area contributed by atoms with E-state index in [1.165, 1.54) is 21.0 Å². The predicted molar refractivity (Wildman–Crippen MR) is 78.1 cm³/mol. The van der Waals surface area contributed by atoms with Crippen molar-refractivity contribution < 1.29 is 27.1 Å². The minimum Gasteiger partial charge on any atom is -0.500 e. The van der Waals surface area contributed by atoms with Crippen LogP contribution >= 0.6 is 0 Å². The maximum atomic E-state index is 13.1. The average molecular weight is 326 g/mol. The van der Waals surface area contributed by atoms with Crippen LogP contribution in [-0.2, 0) is 9.53 Å². The molecule has 6 heteroatoms. The van der Waals surface area contributed by atoms with Gasteiger partial charge in [-0.15, -0.1) is 0 Å². The highest BCUT2D eigenvalue weighted by molar-refractivity contribution is 5.92. The minimum absolute atomic E-state index is 0.00212. The van der Waals surface area contributed by atoms with Crippen molar-refractivity contribution in [2.75, 3.05) is 7.11 Å². The molecule has 130 valence electrons. The van der Waals surface area contributed by atoms with Crippen molar-refractivity contribution in [3.63, 3.8) is 0 Å². The molecule has 0 amide bonds. The number of hydrogen-bond donors (Lipinski definition) is 0. The number of ketones is 1. The van der Waals surface area contributed by atoms with E-state index in [9.17, 15) is 22.4 Å². The Morgan fingerprint density at radius 2 is 1.82 bits per heavy atom.